The van der Waals surface area contributed by atoms with Crippen LogP contribution in [0.1, 0.15) is 32.1 Å². The van der Waals surface area contributed by atoms with Crippen molar-refractivity contribution in [2.45, 2.75) is 37.8 Å². The molecule has 1 aliphatic carbocycles. The molecule has 0 unspecified atom stereocenters. The van der Waals surface area contributed by atoms with Crippen molar-refractivity contribution in [3.05, 3.63) is 0 Å². The monoisotopic (exact) mass is 113 g/mol. The topological polar surface area (TPSA) is 43.9 Å². The Balaban J connectivity index is 1.95. The standard InChI is InChI=1S/C6H12N2/c1-2-4-6(5-3-1)7-8-6/h7-8H,1-5H2/i7+1. The first-order valence-corrected chi connectivity index (χ1v) is 3.46. The Hall–Kier alpha value is -0.0800. The molecule has 2 heteroatoms. The fourth-order valence-corrected chi connectivity index (χ4v) is 1.49. The molecule has 2 nitrogen and oxygen atoms in total. The first-order valence-electron chi connectivity index (χ1n) is 3.46. The minimum absolute atomic E-state index is 0.429. The highest BCUT2D eigenvalue weighted by Gasteiger charge is 2.41. The van der Waals surface area contributed by atoms with E-state index in [1.807, 2.05) is 0 Å². The lowest BCUT2D eigenvalue weighted by Gasteiger charge is -2.16. The van der Waals surface area contributed by atoms with Gasteiger partial charge in [-0.1, -0.05) is 19.3 Å². The van der Waals surface area contributed by atoms with Gasteiger partial charge in [-0.3, -0.25) is 0 Å². The van der Waals surface area contributed by atoms with E-state index in [4.69, 9.17) is 0 Å². The molecule has 1 saturated heterocycles. The molecule has 2 fully saturated rings. The third-order valence-electron chi connectivity index (χ3n) is 2.19. The van der Waals surface area contributed by atoms with Crippen LogP contribution in [0.5, 0.6) is 0 Å². The lowest BCUT2D eigenvalue weighted by molar-refractivity contribution is 0.399. The summed E-state index contributed by atoms with van der Waals surface area (Å²) in [6.07, 6.45) is 6.92. The van der Waals surface area contributed by atoms with Crippen LogP contribution in [0.25, 0.3) is 0 Å². The Morgan fingerprint density at radius 1 is 0.875 bits per heavy atom. The van der Waals surface area contributed by atoms with Crippen molar-refractivity contribution in [1.29, 1.82) is 0 Å². The van der Waals surface area contributed by atoms with Crippen LogP contribution in [0.3, 0.4) is 0 Å². The van der Waals surface area contributed by atoms with Crippen LogP contribution in [0.2, 0.25) is 0 Å². The zero-order valence-corrected chi connectivity index (χ0v) is 5.04. The molecule has 0 aromatic rings. The predicted molar refractivity (Wildman–Crippen MR) is 32.1 cm³/mol. The van der Waals surface area contributed by atoms with E-state index in [0.29, 0.717) is 5.66 Å². The molecule has 1 heterocycles. The van der Waals surface area contributed by atoms with Gasteiger partial charge in [-0.05, 0) is 12.8 Å². The minimum Gasteiger partial charge on any atom is -0.235 e. The van der Waals surface area contributed by atoms with Crippen molar-refractivity contribution >= 4 is 0 Å². The average molecular weight is 113 g/mol. The highest BCUT2D eigenvalue weighted by molar-refractivity contribution is 4.95. The summed E-state index contributed by atoms with van der Waals surface area (Å²) in [6, 6.07) is 0. The van der Waals surface area contributed by atoms with Crippen molar-refractivity contribution in [3.8, 4) is 0 Å². The van der Waals surface area contributed by atoms with Crippen molar-refractivity contribution in [3.63, 3.8) is 0 Å². The maximum Gasteiger partial charge on any atom is 0.0943 e. The number of hydrazine groups is 1. The van der Waals surface area contributed by atoms with E-state index < -0.39 is 0 Å². The number of hydrogen-bond donors (Lipinski definition) is 2. The van der Waals surface area contributed by atoms with Gasteiger partial charge in [0.15, 0.2) is 0 Å². The Labute approximate surface area is 49.6 Å². The molecule has 0 radical (unpaired) electrons. The molecule has 0 aromatic heterocycles. The molecule has 0 aromatic carbocycles. The van der Waals surface area contributed by atoms with Crippen molar-refractivity contribution in [2.24, 2.45) is 0 Å². The number of hydrogen-bond acceptors (Lipinski definition) is 2. The van der Waals surface area contributed by atoms with Crippen LogP contribution >= 0.6 is 0 Å². The van der Waals surface area contributed by atoms with Crippen molar-refractivity contribution in [1.82, 2.24) is 10.9 Å². The maximum absolute atomic E-state index is 3.20. The summed E-state index contributed by atoms with van der Waals surface area (Å²) >= 11 is 0. The summed E-state index contributed by atoms with van der Waals surface area (Å²) in [5, 5.41) is 0. The summed E-state index contributed by atoms with van der Waals surface area (Å²) < 4.78 is 0. The second-order valence-corrected chi connectivity index (χ2v) is 2.89. The summed E-state index contributed by atoms with van der Waals surface area (Å²) in [5.41, 5.74) is 6.83. The molecule has 8 heavy (non-hydrogen) atoms. The third kappa shape index (κ3) is 0.644. The Kier molecular flexibility index (Phi) is 0.866. The largest absolute Gasteiger partial charge is 0.235 e. The van der Waals surface area contributed by atoms with Gasteiger partial charge in [0.1, 0.15) is 0 Å². The summed E-state index contributed by atoms with van der Waals surface area (Å²) in [7, 11) is 0. The fraction of sp³-hybridized carbons (Fsp3) is 1.00. The summed E-state index contributed by atoms with van der Waals surface area (Å²) in [4.78, 5) is 0. The highest BCUT2D eigenvalue weighted by atomic mass is 16.1. The van der Waals surface area contributed by atoms with Gasteiger partial charge >= 0.3 is 0 Å². The lowest BCUT2D eigenvalue weighted by Crippen LogP contribution is -2.20. The van der Waals surface area contributed by atoms with Gasteiger partial charge in [-0.2, -0.15) is 0 Å². The van der Waals surface area contributed by atoms with E-state index in [1.165, 1.54) is 32.1 Å². The highest BCUT2D eigenvalue weighted by Crippen LogP contribution is 2.30. The van der Waals surface area contributed by atoms with E-state index in [2.05, 4.69) is 10.9 Å². The van der Waals surface area contributed by atoms with Crippen LogP contribution in [0.15, 0.2) is 0 Å². The molecule has 1 spiro atoms. The molecule has 2 aliphatic rings. The van der Waals surface area contributed by atoms with E-state index in [9.17, 15) is 0 Å². The lowest BCUT2D eigenvalue weighted by atomic mass is 9.94. The van der Waals surface area contributed by atoms with E-state index in [0.717, 1.165) is 0 Å². The molecule has 1 saturated carbocycles. The quantitative estimate of drug-likeness (QED) is 0.359. The van der Waals surface area contributed by atoms with Gasteiger partial charge < -0.3 is 0 Å². The van der Waals surface area contributed by atoms with Crippen LogP contribution in [-0.2, 0) is 0 Å². The van der Waals surface area contributed by atoms with Crippen molar-refractivity contribution in [2.75, 3.05) is 0 Å². The van der Waals surface area contributed by atoms with Gasteiger partial charge in [-0.25, -0.2) is 10.9 Å². The number of rotatable bonds is 0. The van der Waals surface area contributed by atoms with Gasteiger partial charge in [0.05, 0.1) is 5.66 Å². The van der Waals surface area contributed by atoms with Gasteiger partial charge in [-0.15, -0.1) is 0 Å². The molecule has 1 aliphatic heterocycles. The maximum atomic E-state index is 3.20. The normalized spacial score (nSPS) is 33.0. The van der Waals surface area contributed by atoms with E-state index in [-0.39, 0.29) is 0 Å². The third-order valence-corrected chi connectivity index (χ3v) is 2.19. The van der Waals surface area contributed by atoms with Gasteiger partial charge in [0, 0.05) is 0 Å². The van der Waals surface area contributed by atoms with Crippen LogP contribution in [0, 0.1) is 0 Å². The summed E-state index contributed by atoms with van der Waals surface area (Å²) in [6.45, 7) is 0. The first kappa shape index (κ1) is 4.77. The second-order valence-electron chi connectivity index (χ2n) is 2.89. The molecule has 2 rings (SSSR count). The van der Waals surface area contributed by atoms with Crippen LogP contribution < -0.4 is 10.9 Å². The molecule has 0 amide bonds. The second kappa shape index (κ2) is 1.45. The molecule has 0 bridgehead atoms. The first-order chi connectivity index (χ1) is 3.91. The van der Waals surface area contributed by atoms with Crippen LogP contribution in [-0.4, -0.2) is 5.66 Å². The van der Waals surface area contributed by atoms with E-state index in [1.54, 1.807) is 0 Å². The Bertz CT molecular complexity index is 88.7. The summed E-state index contributed by atoms with van der Waals surface area (Å²) in [5.74, 6) is 0. The molecule has 46 valence electrons. The zero-order valence-electron chi connectivity index (χ0n) is 5.04. The Morgan fingerprint density at radius 3 is 1.88 bits per heavy atom. The van der Waals surface area contributed by atoms with E-state index >= 15 is 0 Å². The average Bonchev–Trinajstić information content (AvgIpc) is 2.52. The minimum atomic E-state index is 0.429. The molecular formula is C6H12N2. The zero-order chi connectivity index (χ0) is 5.45. The SMILES string of the molecule is C1CCC2(CC1)N[15NH]2. The number of nitrogens with one attached hydrogen (secondary N) is 2. The fourth-order valence-electron chi connectivity index (χ4n) is 1.49. The van der Waals surface area contributed by atoms with Crippen LogP contribution in [0.4, 0.5) is 0 Å². The smallest absolute Gasteiger partial charge is 0.0943 e. The van der Waals surface area contributed by atoms with Crippen molar-refractivity contribution < 1.29 is 0 Å². The van der Waals surface area contributed by atoms with Gasteiger partial charge in [0.2, 0.25) is 0 Å². The molecular weight excluding hydrogens is 101 g/mol. The van der Waals surface area contributed by atoms with Gasteiger partial charge in [0.25, 0.3) is 0 Å². The Morgan fingerprint density at radius 2 is 1.50 bits per heavy atom. The molecule has 2 N–H and O–H groups in total. The predicted octanol–water partition coefficient (Wildman–Crippen LogP) is 0.755. The molecule has 0 atom stereocenters.